The summed E-state index contributed by atoms with van der Waals surface area (Å²) in [4.78, 5) is 10.7. The van der Waals surface area contributed by atoms with Crippen LogP contribution in [0.5, 0.6) is 5.75 Å². The number of carbonyl (C=O) groups is 1. The number of nitrogens with zero attached hydrogens (tertiary/aromatic N) is 1. The van der Waals surface area contributed by atoms with Gasteiger partial charge in [-0.25, -0.2) is 4.79 Å². The topological polar surface area (TPSA) is 72.6 Å². The molecular formula is C11H8ClNO4. The second kappa shape index (κ2) is 4.47. The zero-order valence-corrected chi connectivity index (χ0v) is 9.56. The largest absolute Gasteiger partial charge is 0.497 e. The minimum absolute atomic E-state index is 0.0114. The molecule has 0 bridgehead atoms. The Bertz CT molecular complexity index is 547. The second-order valence-corrected chi connectivity index (χ2v) is 3.59. The van der Waals surface area contributed by atoms with E-state index in [9.17, 15) is 4.79 Å². The molecule has 0 spiro atoms. The van der Waals surface area contributed by atoms with E-state index >= 15 is 0 Å². The lowest BCUT2D eigenvalue weighted by Crippen LogP contribution is -1.96. The van der Waals surface area contributed by atoms with Crippen molar-refractivity contribution in [3.8, 4) is 17.1 Å². The number of hydrogen-bond acceptors (Lipinski definition) is 4. The minimum atomic E-state index is -1.22. The second-order valence-electron chi connectivity index (χ2n) is 3.21. The summed E-state index contributed by atoms with van der Waals surface area (Å²) in [5, 5.41) is 12.2. The van der Waals surface area contributed by atoms with E-state index in [4.69, 9.17) is 26.0 Å². The van der Waals surface area contributed by atoms with E-state index in [0.29, 0.717) is 11.3 Å². The van der Waals surface area contributed by atoms with Gasteiger partial charge in [-0.3, -0.25) is 0 Å². The summed E-state index contributed by atoms with van der Waals surface area (Å²) in [5.41, 5.74) is 0.341. The van der Waals surface area contributed by atoms with Crippen LogP contribution < -0.4 is 4.74 Å². The van der Waals surface area contributed by atoms with E-state index in [1.54, 1.807) is 31.4 Å². The van der Waals surface area contributed by atoms with Crippen LogP contribution in [0.1, 0.15) is 10.5 Å². The van der Waals surface area contributed by atoms with Crippen molar-refractivity contribution in [1.82, 2.24) is 5.16 Å². The molecule has 17 heavy (non-hydrogen) atoms. The Labute approximate surface area is 102 Å². The van der Waals surface area contributed by atoms with Gasteiger partial charge in [-0.15, -0.1) is 0 Å². The van der Waals surface area contributed by atoms with Gasteiger partial charge in [0.15, 0.2) is 5.76 Å². The van der Waals surface area contributed by atoms with Crippen LogP contribution in [0.15, 0.2) is 28.8 Å². The summed E-state index contributed by atoms with van der Waals surface area (Å²) >= 11 is 5.86. The van der Waals surface area contributed by atoms with Gasteiger partial charge in [-0.1, -0.05) is 16.8 Å². The van der Waals surface area contributed by atoms with Gasteiger partial charge >= 0.3 is 5.97 Å². The van der Waals surface area contributed by atoms with Crippen LogP contribution in [0.3, 0.4) is 0 Å². The minimum Gasteiger partial charge on any atom is -0.497 e. The van der Waals surface area contributed by atoms with Crippen molar-refractivity contribution in [3.63, 3.8) is 0 Å². The number of halogens is 1. The summed E-state index contributed by atoms with van der Waals surface area (Å²) in [5.74, 6) is -0.312. The standard InChI is InChI=1S/C11H8ClNO4/c1-16-7-4-2-6(3-5-7)10-8(12)9(11(14)15)13-17-10/h2-5H,1H3,(H,14,15). The Balaban J connectivity index is 2.42. The van der Waals surface area contributed by atoms with Gasteiger partial charge < -0.3 is 14.4 Å². The Hall–Kier alpha value is -2.01. The lowest BCUT2D eigenvalue weighted by Gasteiger charge is -2.00. The number of hydrogen-bond donors (Lipinski definition) is 1. The molecule has 1 aromatic carbocycles. The van der Waals surface area contributed by atoms with E-state index in [0.717, 1.165) is 0 Å². The quantitative estimate of drug-likeness (QED) is 0.910. The molecule has 88 valence electrons. The molecule has 0 unspecified atom stereocenters. The Morgan fingerprint density at radius 3 is 2.53 bits per heavy atom. The zero-order chi connectivity index (χ0) is 12.4. The third-order valence-corrected chi connectivity index (χ3v) is 2.54. The van der Waals surface area contributed by atoms with Gasteiger partial charge in [0.1, 0.15) is 10.8 Å². The first-order valence-corrected chi connectivity index (χ1v) is 5.04. The van der Waals surface area contributed by atoms with Gasteiger partial charge in [-0.05, 0) is 24.3 Å². The van der Waals surface area contributed by atoms with Gasteiger partial charge in [0.05, 0.1) is 7.11 Å². The smallest absolute Gasteiger partial charge is 0.359 e. The summed E-state index contributed by atoms with van der Waals surface area (Å²) < 4.78 is 9.92. The number of aromatic nitrogens is 1. The maximum Gasteiger partial charge on any atom is 0.359 e. The van der Waals surface area contributed by atoms with E-state index in [1.165, 1.54) is 0 Å². The van der Waals surface area contributed by atoms with Gasteiger partial charge in [0.2, 0.25) is 5.69 Å². The molecule has 0 amide bonds. The molecule has 1 N–H and O–H groups in total. The Kier molecular flexibility index (Phi) is 3.01. The van der Waals surface area contributed by atoms with Crippen molar-refractivity contribution in [2.45, 2.75) is 0 Å². The van der Waals surface area contributed by atoms with E-state index in [2.05, 4.69) is 5.16 Å². The summed E-state index contributed by atoms with van der Waals surface area (Å²) in [6.07, 6.45) is 0. The summed E-state index contributed by atoms with van der Waals surface area (Å²) in [6, 6.07) is 6.84. The number of aromatic carboxylic acids is 1. The molecule has 0 radical (unpaired) electrons. The molecule has 0 aliphatic rings. The van der Waals surface area contributed by atoms with Crippen molar-refractivity contribution in [2.75, 3.05) is 7.11 Å². The number of carboxylic acid groups (broad SMARTS) is 1. The van der Waals surface area contributed by atoms with Crippen LogP contribution in [0.2, 0.25) is 5.02 Å². The summed E-state index contributed by atoms with van der Waals surface area (Å²) in [6.45, 7) is 0. The van der Waals surface area contributed by atoms with Crippen molar-refractivity contribution in [2.24, 2.45) is 0 Å². The normalized spacial score (nSPS) is 10.2. The van der Waals surface area contributed by atoms with E-state index in [-0.39, 0.29) is 16.5 Å². The summed E-state index contributed by atoms with van der Waals surface area (Å²) in [7, 11) is 1.55. The SMILES string of the molecule is COc1ccc(-c2onc(C(=O)O)c2Cl)cc1. The van der Waals surface area contributed by atoms with Crippen molar-refractivity contribution >= 4 is 17.6 Å². The first-order chi connectivity index (χ1) is 8.13. The molecule has 2 rings (SSSR count). The number of benzene rings is 1. The van der Waals surface area contributed by atoms with Crippen molar-refractivity contribution in [3.05, 3.63) is 35.0 Å². The third-order valence-electron chi connectivity index (χ3n) is 2.19. The number of carboxylic acids is 1. The maximum atomic E-state index is 10.7. The molecule has 0 aliphatic heterocycles. The fourth-order valence-corrected chi connectivity index (χ4v) is 1.59. The highest BCUT2D eigenvalue weighted by Gasteiger charge is 2.20. The van der Waals surface area contributed by atoms with Crippen LogP contribution in [0, 0.1) is 0 Å². The molecule has 0 saturated carbocycles. The fourth-order valence-electron chi connectivity index (χ4n) is 1.33. The van der Waals surface area contributed by atoms with E-state index < -0.39 is 5.97 Å². The lowest BCUT2D eigenvalue weighted by atomic mass is 10.1. The highest BCUT2D eigenvalue weighted by molar-refractivity contribution is 6.35. The molecule has 6 heteroatoms. The maximum absolute atomic E-state index is 10.7. The average Bonchev–Trinajstić information content (AvgIpc) is 2.71. The van der Waals surface area contributed by atoms with Crippen LogP contribution >= 0.6 is 11.6 Å². The zero-order valence-electron chi connectivity index (χ0n) is 8.81. The fraction of sp³-hybridized carbons (Fsp3) is 0.0909. The van der Waals surface area contributed by atoms with Gasteiger partial charge in [0.25, 0.3) is 0 Å². The first-order valence-electron chi connectivity index (χ1n) is 4.66. The van der Waals surface area contributed by atoms with E-state index in [1.807, 2.05) is 0 Å². The van der Waals surface area contributed by atoms with Crippen LogP contribution in [0.25, 0.3) is 11.3 Å². The average molecular weight is 254 g/mol. The highest BCUT2D eigenvalue weighted by atomic mass is 35.5. The molecule has 2 aromatic rings. The highest BCUT2D eigenvalue weighted by Crippen LogP contribution is 2.31. The Morgan fingerprint density at radius 2 is 2.06 bits per heavy atom. The van der Waals surface area contributed by atoms with Gasteiger partial charge in [-0.2, -0.15) is 0 Å². The predicted octanol–water partition coefficient (Wildman–Crippen LogP) is 2.70. The lowest BCUT2D eigenvalue weighted by molar-refractivity contribution is 0.0686. The predicted molar refractivity (Wildman–Crippen MR) is 60.5 cm³/mol. The number of rotatable bonds is 3. The molecule has 0 atom stereocenters. The Morgan fingerprint density at radius 1 is 1.41 bits per heavy atom. The monoisotopic (exact) mass is 253 g/mol. The van der Waals surface area contributed by atoms with Crippen LogP contribution in [-0.2, 0) is 0 Å². The molecule has 0 aliphatic carbocycles. The van der Waals surface area contributed by atoms with Crippen molar-refractivity contribution in [1.29, 1.82) is 0 Å². The van der Waals surface area contributed by atoms with Gasteiger partial charge in [0, 0.05) is 5.56 Å². The molecule has 0 fully saturated rings. The molecule has 1 aromatic heterocycles. The van der Waals surface area contributed by atoms with Crippen molar-refractivity contribution < 1.29 is 19.2 Å². The molecule has 0 saturated heterocycles. The third kappa shape index (κ3) is 2.09. The van der Waals surface area contributed by atoms with Crippen LogP contribution in [0.4, 0.5) is 0 Å². The number of ether oxygens (including phenoxy) is 1. The molecular weight excluding hydrogens is 246 g/mol. The number of methoxy groups -OCH3 is 1. The molecule has 5 nitrogen and oxygen atoms in total. The first kappa shape index (κ1) is 11.5. The molecule has 1 heterocycles. The van der Waals surface area contributed by atoms with Crippen LogP contribution in [-0.4, -0.2) is 23.3 Å².